The summed E-state index contributed by atoms with van der Waals surface area (Å²) in [5.41, 5.74) is 0.00856. The van der Waals surface area contributed by atoms with E-state index in [4.69, 9.17) is 9.52 Å². The Morgan fingerprint density at radius 2 is 2.32 bits per heavy atom. The fraction of sp³-hybridized carbons (Fsp3) is 0.308. The van der Waals surface area contributed by atoms with Gasteiger partial charge in [0.1, 0.15) is 11.6 Å². The fourth-order valence-corrected chi connectivity index (χ4v) is 1.59. The molecule has 0 atom stereocenters. The summed E-state index contributed by atoms with van der Waals surface area (Å²) in [4.78, 5) is 18.9. The predicted octanol–water partition coefficient (Wildman–Crippen LogP) is 2.33. The molecule has 0 bridgehead atoms. The number of hydrogen-bond donors (Lipinski definition) is 2. The number of nitrogens with one attached hydrogen (secondary N) is 1. The molecular weight excluding hydrogens is 246 g/mol. The summed E-state index contributed by atoms with van der Waals surface area (Å²) in [7, 11) is 0. The highest BCUT2D eigenvalue weighted by atomic mass is 16.4. The number of nitrogens with zero attached hydrogens (tertiary/aromatic N) is 2. The Morgan fingerprint density at radius 1 is 1.47 bits per heavy atom. The summed E-state index contributed by atoms with van der Waals surface area (Å²) in [6.07, 6.45) is 3.46. The van der Waals surface area contributed by atoms with Crippen LogP contribution < -0.4 is 5.32 Å². The average molecular weight is 261 g/mol. The molecule has 0 amide bonds. The molecule has 0 saturated carbocycles. The minimum absolute atomic E-state index is 0.00856. The number of aromatic carboxylic acids is 1. The zero-order valence-corrected chi connectivity index (χ0v) is 10.6. The first-order valence-corrected chi connectivity index (χ1v) is 6.07. The number of anilines is 1. The van der Waals surface area contributed by atoms with E-state index in [0.717, 1.165) is 12.8 Å². The number of aryl methyl sites for hydroxylation is 1. The number of oxazole rings is 1. The number of pyridine rings is 1. The third kappa shape index (κ3) is 3.54. The van der Waals surface area contributed by atoms with Crippen molar-refractivity contribution in [3.8, 4) is 0 Å². The minimum Gasteiger partial charge on any atom is -0.477 e. The van der Waals surface area contributed by atoms with E-state index in [1.54, 1.807) is 18.3 Å². The summed E-state index contributed by atoms with van der Waals surface area (Å²) in [5.74, 6) is 0.861. The lowest BCUT2D eigenvalue weighted by molar-refractivity contribution is 0.0690. The molecule has 6 nitrogen and oxygen atoms in total. The molecular formula is C13H15N3O3. The Hall–Kier alpha value is -2.37. The number of carbonyl (C=O) groups is 1. The van der Waals surface area contributed by atoms with Crippen molar-refractivity contribution in [2.75, 3.05) is 5.32 Å². The summed E-state index contributed by atoms with van der Waals surface area (Å²) >= 11 is 0. The number of aromatic nitrogens is 2. The average Bonchev–Trinajstić information content (AvgIpc) is 2.85. The van der Waals surface area contributed by atoms with Gasteiger partial charge < -0.3 is 14.8 Å². The SMILES string of the molecule is CCCc1ncc(CNc2cccc(C(=O)O)n2)o1. The highest BCUT2D eigenvalue weighted by Crippen LogP contribution is 2.10. The van der Waals surface area contributed by atoms with Crippen LogP contribution in [0.15, 0.2) is 28.8 Å². The third-order valence-electron chi connectivity index (χ3n) is 2.48. The van der Waals surface area contributed by atoms with Gasteiger partial charge in [-0.1, -0.05) is 13.0 Å². The Labute approximate surface area is 110 Å². The fourth-order valence-electron chi connectivity index (χ4n) is 1.59. The normalized spacial score (nSPS) is 10.4. The van der Waals surface area contributed by atoms with Crippen molar-refractivity contribution in [3.05, 3.63) is 41.7 Å². The van der Waals surface area contributed by atoms with Crippen molar-refractivity contribution in [1.82, 2.24) is 9.97 Å². The molecule has 6 heteroatoms. The summed E-state index contributed by atoms with van der Waals surface area (Å²) in [6.45, 7) is 2.48. The lowest BCUT2D eigenvalue weighted by Gasteiger charge is -2.03. The molecule has 2 N–H and O–H groups in total. The highest BCUT2D eigenvalue weighted by molar-refractivity contribution is 5.85. The lowest BCUT2D eigenvalue weighted by atomic mass is 10.3. The third-order valence-corrected chi connectivity index (χ3v) is 2.48. The zero-order valence-electron chi connectivity index (χ0n) is 10.6. The largest absolute Gasteiger partial charge is 0.477 e. The smallest absolute Gasteiger partial charge is 0.354 e. The first-order chi connectivity index (χ1) is 9.19. The van der Waals surface area contributed by atoms with Crippen LogP contribution in [0.25, 0.3) is 0 Å². The Kier molecular flexibility index (Phi) is 4.12. The van der Waals surface area contributed by atoms with Crippen molar-refractivity contribution in [3.63, 3.8) is 0 Å². The van der Waals surface area contributed by atoms with Crippen LogP contribution in [0, 0.1) is 0 Å². The van der Waals surface area contributed by atoms with Crippen LogP contribution >= 0.6 is 0 Å². The molecule has 2 aromatic heterocycles. The van der Waals surface area contributed by atoms with E-state index in [1.807, 2.05) is 0 Å². The second-order valence-corrected chi connectivity index (χ2v) is 4.04. The molecule has 0 aliphatic rings. The molecule has 0 fully saturated rings. The van der Waals surface area contributed by atoms with Crippen LogP contribution in [-0.4, -0.2) is 21.0 Å². The van der Waals surface area contributed by atoms with E-state index >= 15 is 0 Å². The van der Waals surface area contributed by atoms with Crippen LogP contribution in [0.1, 0.15) is 35.5 Å². The van der Waals surface area contributed by atoms with E-state index in [1.165, 1.54) is 6.07 Å². The highest BCUT2D eigenvalue weighted by Gasteiger charge is 2.06. The molecule has 0 radical (unpaired) electrons. The maximum absolute atomic E-state index is 10.8. The second kappa shape index (κ2) is 5.99. The lowest BCUT2D eigenvalue weighted by Crippen LogP contribution is -2.05. The molecule has 2 heterocycles. The van der Waals surface area contributed by atoms with E-state index in [2.05, 4.69) is 22.2 Å². The van der Waals surface area contributed by atoms with Crippen molar-refractivity contribution in [2.24, 2.45) is 0 Å². The van der Waals surface area contributed by atoms with Gasteiger partial charge in [0.2, 0.25) is 0 Å². The monoisotopic (exact) mass is 261 g/mol. The molecule has 0 aliphatic carbocycles. The van der Waals surface area contributed by atoms with Gasteiger partial charge in [-0.2, -0.15) is 0 Å². The first kappa shape index (κ1) is 13.1. The van der Waals surface area contributed by atoms with Gasteiger partial charge in [0, 0.05) is 6.42 Å². The summed E-state index contributed by atoms with van der Waals surface area (Å²) < 4.78 is 5.51. The number of carboxylic acids is 1. The van der Waals surface area contributed by atoms with E-state index in [-0.39, 0.29) is 5.69 Å². The summed E-state index contributed by atoms with van der Waals surface area (Å²) in [5, 5.41) is 11.8. The summed E-state index contributed by atoms with van der Waals surface area (Å²) in [6, 6.07) is 4.79. The Balaban J connectivity index is 1.97. The van der Waals surface area contributed by atoms with E-state index in [9.17, 15) is 4.79 Å². The molecule has 19 heavy (non-hydrogen) atoms. The van der Waals surface area contributed by atoms with Gasteiger partial charge in [0.05, 0.1) is 12.7 Å². The van der Waals surface area contributed by atoms with Crippen LogP contribution in [0.2, 0.25) is 0 Å². The van der Waals surface area contributed by atoms with Crippen molar-refractivity contribution < 1.29 is 14.3 Å². The number of rotatable bonds is 6. The number of carboxylic acid groups (broad SMARTS) is 1. The number of hydrogen-bond acceptors (Lipinski definition) is 5. The molecule has 0 unspecified atom stereocenters. The van der Waals surface area contributed by atoms with Crippen molar-refractivity contribution >= 4 is 11.8 Å². The molecule has 0 aromatic carbocycles. The quantitative estimate of drug-likeness (QED) is 0.829. The van der Waals surface area contributed by atoms with Crippen molar-refractivity contribution in [2.45, 2.75) is 26.3 Å². The van der Waals surface area contributed by atoms with Gasteiger partial charge in [-0.25, -0.2) is 14.8 Å². The molecule has 0 saturated heterocycles. The van der Waals surface area contributed by atoms with Gasteiger partial charge in [0.15, 0.2) is 11.6 Å². The molecule has 2 aromatic rings. The molecule has 0 spiro atoms. The van der Waals surface area contributed by atoms with Gasteiger partial charge in [-0.3, -0.25) is 0 Å². The van der Waals surface area contributed by atoms with Gasteiger partial charge in [-0.15, -0.1) is 0 Å². The van der Waals surface area contributed by atoms with Gasteiger partial charge in [-0.05, 0) is 18.6 Å². The van der Waals surface area contributed by atoms with Crippen molar-refractivity contribution in [1.29, 1.82) is 0 Å². The topological polar surface area (TPSA) is 88.2 Å². The van der Waals surface area contributed by atoms with Crippen LogP contribution in [0.5, 0.6) is 0 Å². The van der Waals surface area contributed by atoms with Crippen LogP contribution in [0.3, 0.4) is 0 Å². The van der Waals surface area contributed by atoms with Crippen LogP contribution in [0.4, 0.5) is 5.82 Å². The van der Waals surface area contributed by atoms with E-state index in [0.29, 0.717) is 24.0 Å². The standard InChI is InChI=1S/C13H15N3O3/c1-2-4-12-15-8-9(19-12)7-14-11-6-3-5-10(16-11)13(17)18/h3,5-6,8H,2,4,7H2,1H3,(H,14,16)(H,17,18). The minimum atomic E-state index is -1.05. The van der Waals surface area contributed by atoms with Crippen LogP contribution in [-0.2, 0) is 13.0 Å². The molecule has 2 rings (SSSR count). The maximum Gasteiger partial charge on any atom is 0.354 e. The Bertz CT molecular complexity index is 566. The van der Waals surface area contributed by atoms with Gasteiger partial charge >= 0.3 is 5.97 Å². The van der Waals surface area contributed by atoms with E-state index < -0.39 is 5.97 Å². The van der Waals surface area contributed by atoms with Gasteiger partial charge in [0.25, 0.3) is 0 Å². The Morgan fingerprint density at radius 3 is 3.05 bits per heavy atom. The first-order valence-electron chi connectivity index (χ1n) is 6.07. The molecule has 100 valence electrons. The zero-order chi connectivity index (χ0) is 13.7. The second-order valence-electron chi connectivity index (χ2n) is 4.04. The predicted molar refractivity (Wildman–Crippen MR) is 69.0 cm³/mol. The molecule has 0 aliphatic heterocycles. The maximum atomic E-state index is 10.8.